The van der Waals surface area contributed by atoms with Gasteiger partial charge < -0.3 is 10.6 Å². The number of thiazole rings is 1. The zero-order chi connectivity index (χ0) is 22.7. The largest absolute Gasteiger partial charge is 0.343 e. The predicted molar refractivity (Wildman–Crippen MR) is 131 cm³/mol. The number of nitrogens with zero attached hydrogens (tertiary/aromatic N) is 1. The van der Waals surface area contributed by atoms with Gasteiger partial charge in [0.05, 0.1) is 12.2 Å². The third-order valence-corrected chi connectivity index (χ3v) is 5.98. The molecule has 0 atom stereocenters. The van der Waals surface area contributed by atoms with Crippen LogP contribution in [0.15, 0.2) is 72.1 Å². The summed E-state index contributed by atoms with van der Waals surface area (Å²) >= 11 is 1.36. The van der Waals surface area contributed by atoms with Gasteiger partial charge in [0, 0.05) is 16.5 Å². The molecule has 0 unspecified atom stereocenters. The molecule has 3 aromatic carbocycles. The fraction of sp³-hybridized carbons (Fsp3) is 0.192. The summed E-state index contributed by atoms with van der Waals surface area (Å²) < 4.78 is 0. The van der Waals surface area contributed by atoms with Gasteiger partial charge in [0.15, 0.2) is 5.13 Å². The lowest BCUT2D eigenvalue weighted by Gasteiger charge is -2.19. The highest BCUT2D eigenvalue weighted by Gasteiger charge is 2.15. The summed E-state index contributed by atoms with van der Waals surface area (Å²) in [6.07, 6.45) is 0. The highest BCUT2D eigenvalue weighted by molar-refractivity contribution is 7.14. The maximum atomic E-state index is 12.4. The Morgan fingerprint density at radius 3 is 2.38 bits per heavy atom. The molecule has 0 bridgehead atoms. The lowest BCUT2D eigenvalue weighted by molar-refractivity contribution is -0.115. The summed E-state index contributed by atoms with van der Waals surface area (Å²) in [5.41, 5.74) is 3.50. The topological polar surface area (TPSA) is 71.1 Å². The number of carbonyl (C=O) groups is 2. The number of benzene rings is 3. The van der Waals surface area contributed by atoms with Crippen molar-refractivity contribution in [1.82, 2.24) is 10.3 Å². The first-order chi connectivity index (χ1) is 15.3. The van der Waals surface area contributed by atoms with E-state index in [0.29, 0.717) is 10.7 Å². The van der Waals surface area contributed by atoms with Crippen LogP contribution in [-0.4, -0.2) is 23.3 Å². The second kappa shape index (κ2) is 8.93. The number of carbonyl (C=O) groups excluding carboxylic acids is 2. The Bertz CT molecular complexity index is 1270. The van der Waals surface area contributed by atoms with Crippen molar-refractivity contribution in [1.29, 1.82) is 0 Å². The van der Waals surface area contributed by atoms with Crippen LogP contribution in [0.2, 0.25) is 0 Å². The van der Waals surface area contributed by atoms with E-state index >= 15 is 0 Å². The Balaban J connectivity index is 1.34. The van der Waals surface area contributed by atoms with Gasteiger partial charge in [-0.2, -0.15) is 0 Å². The minimum absolute atomic E-state index is 0.0221. The van der Waals surface area contributed by atoms with Crippen molar-refractivity contribution < 1.29 is 9.59 Å². The number of aromatic nitrogens is 1. The second-order valence-corrected chi connectivity index (χ2v) is 9.52. The molecule has 0 aliphatic heterocycles. The fourth-order valence-corrected chi connectivity index (χ4v) is 4.10. The molecular weight excluding hydrogens is 418 g/mol. The van der Waals surface area contributed by atoms with Gasteiger partial charge in [-0.15, -0.1) is 11.3 Å². The Morgan fingerprint density at radius 1 is 0.938 bits per heavy atom. The van der Waals surface area contributed by atoms with Crippen LogP contribution in [0.25, 0.3) is 22.0 Å². The summed E-state index contributed by atoms with van der Waals surface area (Å²) in [6.45, 7) is 6.24. The molecule has 162 valence electrons. The molecule has 0 aliphatic carbocycles. The number of rotatable bonds is 5. The first kappa shape index (κ1) is 21.7. The van der Waals surface area contributed by atoms with E-state index in [2.05, 4.69) is 60.7 Å². The van der Waals surface area contributed by atoms with Crippen LogP contribution in [0.5, 0.6) is 0 Å². The zero-order valence-electron chi connectivity index (χ0n) is 18.3. The zero-order valence-corrected chi connectivity index (χ0v) is 19.1. The monoisotopic (exact) mass is 443 g/mol. The minimum Gasteiger partial charge on any atom is -0.343 e. The molecule has 1 heterocycles. The summed E-state index contributed by atoms with van der Waals surface area (Å²) in [7, 11) is 0. The van der Waals surface area contributed by atoms with E-state index in [9.17, 15) is 9.59 Å². The van der Waals surface area contributed by atoms with E-state index in [1.807, 2.05) is 35.7 Å². The highest BCUT2D eigenvalue weighted by Crippen LogP contribution is 2.27. The van der Waals surface area contributed by atoms with Gasteiger partial charge in [0.2, 0.25) is 5.91 Å². The number of hydrogen-bond donors (Lipinski definition) is 2. The minimum atomic E-state index is -0.316. The maximum absolute atomic E-state index is 12.4. The fourth-order valence-electron chi connectivity index (χ4n) is 3.36. The van der Waals surface area contributed by atoms with Crippen molar-refractivity contribution in [2.24, 2.45) is 0 Å². The molecule has 0 radical (unpaired) electrons. The summed E-state index contributed by atoms with van der Waals surface area (Å²) in [5, 5.41) is 10.1. The van der Waals surface area contributed by atoms with E-state index in [4.69, 9.17) is 0 Å². The molecule has 5 nitrogen and oxygen atoms in total. The molecule has 0 aliphatic rings. The van der Waals surface area contributed by atoms with Crippen molar-refractivity contribution in [2.45, 2.75) is 26.2 Å². The molecule has 4 aromatic rings. The van der Waals surface area contributed by atoms with Crippen LogP contribution >= 0.6 is 11.3 Å². The summed E-state index contributed by atoms with van der Waals surface area (Å²) in [4.78, 5) is 29.2. The van der Waals surface area contributed by atoms with Gasteiger partial charge in [0.1, 0.15) is 0 Å². The molecule has 0 saturated heterocycles. The summed E-state index contributed by atoms with van der Waals surface area (Å²) in [6, 6.07) is 21.8. The average molecular weight is 444 g/mol. The van der Waals surface area contributed by atoms with E-state index < -0.39 is 0 Å². The van der Waals surface area contributed by atoms with Gasteiger partial charge in [-0.1, -0.05) is 69.3 Å². The molecule has 4 rings (SSSR count). The molecular formula is C26H25N3O2S. The smallest absolute Gasteiger partial charge is 0.251 e. The van der Waals surface area contributed by atoms with Crippen LogP contribution in [0, 0.1) is 0 Å². The number of fused-ring (bicyclic) bond motifs is 1. The molecule has 0 spiro atoms. The lowest BCUT2D eigenvalue weighted by Crippen LogP contribution is -2.32. The van der Waals surface area contributed by atoms with Crippen LogP contribution < -0.4 is 10.6 Å². The Labute approximate surface area is 191 Å². The molecule has 6 heteroatoms. The number of nitrogens with one attached hydrogen (secondary N) is 2. The standard InChI is InChI=1S/C26H25N3O2S/c1-26(2,3)21-12-10-18(11-13-21)24(31)27-15-23(30)29-25-28-22(16-32-25)20-9-8-17-6-4-5-7-19(17)14-20/h4-14,16H,15H2,1-3H3,(H,27,31)(H,28,29,30). The van der Waals surface area contributed by atoms with Crippen LogP contribution in [-0.2, 0) is 10.2 Å². The number of anilines is 1. The maximum Gasteiger partial charge on any atom is 0.251 e. The summed E-state index contributed by atoms with van der Waals surface area (Å²) in [5.74, 6) is -0.597. The van der Waals surface area contributed by atoms with E-state index in [0.717, 1.165) is 22.2 Å². The third kappa shape index (κ3) is 5.03. The molecule has 32 heavy (non-hydrogen) atoms. The number of hydrogen-bond acceptors (Lipinski definition) is 4. The SMILES string of the molecule is CC(C)(C)c1ccc(C(=O)NCC(=O)Nc2nc(-c3ccc4ccccc4c3)cs2)cc1. The van der Waals surface area contributed by atoms with Crippen molar-refractivity contribution in [3.8, 4) is 11.3 Å². The second-order valence-electron chi connectivity index (χ2n) is 8.66. The Morgan fingerprint density at radius 2 is 1.66 bits per heavy atom. The van der Waals surface area contributed by atoms with E-state index in [1.165, 1.54) is 16.7 Å². The first-order valence-corrected chi connectivity index (χ1v) is 11.3. The third-order valence-electron chi connectivity index (χ3n) is 5.22. The van der Waals surface area contributed by atoms with Crippen molar-refractivity contribution in [2.75, 3.05) is 11.9 Å². The molecule has 0 saturated carbocycles. The van der Waals surface area contributed by atoms with Gasteiger partial charge in [-0.25, -0.2) is 4.98 Å². The first-order valence-electron chi connectivity index (χ1n) is 10.4. The normalized spacial score (nSPS) is 11.3. The Hall–Kier alpha value is -3.51. The van der Waals surface area contributed by atoms with Crippen LogP contribution in [0.3, 0.4) is 0 Å². The Kier molecular flexibility index (Phi) is 6.06. The van der Waals surface area contributed by atoms with Crippen LogP contribution in [0.1, 0.15) is 36.7 Å². The molecule has 0 fully saturated rings. The van der Waals surface area contributed by atoms with Crippen molar-refractivity contribution >= 4 is 39.1 Å². The van der Waals surface area contributed by atoms with Gasteiger partial charge in [-0.05, 0) is 39.9 Å². The quantitative estimate of drug-likeness (QED) is 0.420. The van der Waals surface area contributed by atoms with E-state index in [-0.39, 0.29) is 23.8 Å². The van der Waals surface area contributed by atoms with Crippen molar-refractivity contribution in [3.05, 3.63) is 83.2 Å². The molecule has 2 amide bonds. The molecule has 1 aromatic heterocycles. The van der Waals surface area contributed by atoms with Crippen molar-refractivity contribution in [3.63, 3.8) is 0 Å². The number of amides is 2. The predicted octanol–water partition coefficient (Wildman–Crippen LogP) is 5.63. The van der Waals surface area contributed by atoms with Gasteiger partial charge in [0.25, 0.3) is 5.91 Å². The van der Waals surface area contributed by atoms with Gasteiger partial charge in [-0.3, -0.25) is 9.59 Å². The van der Waals surface area contributed by atoms with E-state index in [1.54, 1.807) is 12.1 Å². The average Bonchev–Trinajstić information content (AvgIpc) is 3.25. The highest BCUT2D eigenvalue weighted by atomic mass is 32.1. The lowest BCUT2D eigenvalue weighted by atomic mass is 9.87. The van der Waals surface area contributed by atoms with Crippen LogP contribution in [0.4, 0.5) is 5.13 Å². The van der Waals surface area contributed by atoms with Gasteiger partial charge >= 0.3 is 0 Å². The molecule has 2 N–H and O–H groups in total.